The average Bonchev–Trinajstić information content (AvgIpc) is 2.89. The second kappa shape index (κ2) is 8.03. The number of methoxy groups -OCH3 is 1. The predicted molar refractivity (Wildman–Crippen MR) is 114 cm³/mol. The first-order valence-electron chi connectivity index (χ1n) is 9.46. The monoisotopic (exact) mass is 387 g/mol. The lowest BCUT2D eigenvalue weighted by Crippen LogP contribution is -2.40. The molecule has 2 aromatic rings. The van der Waals surface area contributed by atoms with E-state index in [0.29, 0.717) is 6.61 Å². The molecule has 1 aromatic heterocycles. The third-order valence-corrected chi connectivity index (χ3v) is 10.3. The first-order valence-corrected chi connectivity index (χ1v) is 12.4. The lowest BCUT2D eigenvalue weighted by atomic mass is 9.97. The molecule has 1 heterocycles. The molecule has 1 atom stereocenters. The maximum absolute atomic E-state index is 11.5. The van der Waals surface area contributed by atoms with Gasteiger partial charge in [-0.15, -0.1) is 0 Å². The van der Waals surface area contributed by atoms with E-state index in [-0.39, 0.29) is 16.9 Å². The molecule has 0 radical (unpaired) electrons. The number of ether oxygens (including phenoxy) is 1. The number of allylic oxidation sites excluding steroid dienone is 1. The zero-order valence-electron chi connectivity index (χ0n) is 17.9. The summed E-state index contributed by atoms with van der Waals surface area (Å²) < 4.78 is 13.5. The Morgan fingerprint density at radius 3 is 2.48 bits per heavy atom. The number of para-hydroxylation sites is 1. The van der Waals surface area contributed by atoms with Gasteiger partial charge in [-0.3, -0.25) is 0 Å². The normalized spacial score (nSPS) is 14.1. The minimum Gasteiger partial charge on any atom is -0.466 e. The van der Waals surface area contributed by atoms with E-state index in [0.717, 1.165) is 0 Å². The van der Waals surface area contributed by atoms with E-state index in [4.69, 9.17) is 9.16 Å². The van der Waals surface area contributed by atoms with E-state index in [1.165, 1.54) is 35.3 Å². The van der Waals surface area contributed by atoms with Crippen molar-refractivity contribution in [1.82, 2.24) is 4.57 Å². The number of aromatic nitrogens is 1. The van der Waals surface area contributed by atoms with E-state index in [2.05, 4.69) is 76.7 Å². The molecule has 4 nitrogen and oxygen atoms in total. The quantitative estimate of drug-likeness (QED) is 0.371. The van der Waals surface area contributed by atoms with Gasteiger partial charge in [0.25, 0.3) is 0 Å². The standard InChI is InChI=1S/C22H33NO3Si/c1-16(13-14-20(24)25-6)21-17-11-9-10-12-18(17)23(5)19(21)15-26-27(7,8)22(2,3)4/h9-14,16H,15H2,1-8H3/b14-13-. The third-order valence-electron chi connectivity index (χ3n) is 5.82. The molecule has 0 amide bonds. The van der Waals surface area contributed by atoms with Gasteiger partial charge in [0.05, 0.1) is 13.7 Å². The highest BCUT2D eigenvalue weighted by atomic mass is 28.4. The SMILES string of the molecule is COC(=O)/C=C\C(C)c1c(CO[Si](C)(C)C(C)(C)C)n(C)c2ccccc12. The van der Waals surface area contributed by atoms with Gasteiger partial charge < -0.3 is 13.7 Å². The van der Waals surface area contributed by atoms with Gasteiger partial charge in [-0.25, -0.2) is 4.79 Å². The second-order valence-electron chi connectivity index (χ2n) is 8.66. The van der Waals surface area contributed by atoms with Crippen molar-refractivity contribution in [3.8, 4) is 0 Å². The Morgan fingerprint density at radius 1 is 1.26 bits per heavy atom. The fraction of sp³-hybridized carbons (Fsp3) is 0.500. The van der Waals surface area contributed by atoms with Gasteiger partial charge in [0.1, 0.15) is 0 Å². The Hall–Kier alpha value is -1.85. The number of fused-ring (bicyclic) bond motifs is 1. The van der Waals surface area contributed by atoms with E-state index in [9.17, 15) is 4.79 Å². The number of esters is 1. The minimum absolute atomic E-state index is 0.0771. The summed E-state index contributed by atoms with van der Waals surface area (Å²) in [5.41, 5.74) is 3.56. The van der Waals surface area contributed by atoms with E-state index in [1.54, 1.807) is 0 Å². The summed E-state index contributed by atoms with van der Waals surface area (Å²) in [6.45, 7) is 14.0. The first kappa shape index (κ1) is 21.4. The van der Waals surface area contributed by atoms with Crippen molar-refractivity contribution in [1.29, 1.82) is 0 Å². The molecule has 27 heavy (non-hydrogen) atoms. The summed E-state index contributed by atoms with van der Waals surface area (Å²) in [6.07, 6.45) is 3.41. The third kappa shape index (κ3) is 4.53. The fourth-order valence-electron chi connectivity index (χ4n) is 3.01. The van der Waals surface area contributed by atoms with Crippen LogP contribution in [0.3, 0.4) is 0 Å². The largest absolute Gasteiger partial charge is 0.466 e. The van der Waals surface area contributed by atoms with Gasteiger partial charge in [0.15, 0.2) is 8.32 Å². The minimum atomic E-state index is -1.86. The topological polar surface area (TPSA) is 40.5 Å². The molecule has 0 spiro atoms. The molecular formula is C22H33NO3Si. The number of hydrogen-bond donors (Lipinski definition) is 0. The summed E-state index contributed by atoms with van der Waals surface area (Å²) in [7, 11) is 1.62. The van der Waals surface area contributed by atoms with Gasteiger partial charge in [0.2, 0.25) is 0 Å². The molecule has 0 aliphatic rings. The highest BCUT2D eigenvalue weighted by Gasteiger charge is 2.37. The molecule has 148 valence electrons. The highest BCUT2D eigenvalue weighted by molar-refractivity contribution is 6.74. The van der Waals surface area contributed by atoms with E-state index >= 15 is 0 Å². The van der Waals surface area contributed by atoms with Gasteiger partial charge in [-0.05, 0) is 29.8 Å². The summed E-state index contributed by atoms with van der Waals surface area (Å²) in [5, 5.41) is 1.37. The first-order chi connectivity index (χ1) is 12.5. The summed E-state index contributed by atoms with van der Waals surface area (Å²) in [6, 6.07) is 8.38. The smallest absolute Gasteiger partial charge is 0.330 e. The second-order valence-corrected chi connectivity index (χ2v) is 13.5. The molecular weight excluding hydrogens is 354 g/mol. The van der Waals surface area contributed by atoms with Crippen LogP contribution in [0.1, 0.15) is 44.9 Å². The highest BCUT2D eigenvalue weighted by Crippen LogP contribution is 2.39. The number of carbonyl (C=O) groups excluding carboxylic acids is 1. The molecule has 0 aliphatic heterocycles. The van der Waals surface area contributed by atoms with Gasteiger partial charge in [-0.1, -0.05) is 52.0 Å². The van der Waals surface area contributed by atoms with Crippen molar-refractivity contribution in [2.75, 3.05) is 7.11 Å². The molecule has 0 N–H and O–H groups in total. The Bertz CT molecular complexity index is 843. The zero-order valence-corrected chi connectivity index (χ0v) is 18.9. The number of carbonyl (C=O) groups is 1. The van der Waals surface area contributed by atoms with Crippen LogP contribution in [-0.4, -0.2) is 26.0 Å². The molecule has 1 unspecified atom stereocenters. The van der Waals surface area contributed by atoms with Crippen molar-refractivity contribution in [3.05, 3.63) is 47.7 Å². The summed E-state index contributed by atoms with van der Waals surface area (Å²) in [5.74, 6) is -0.255. The van der Waals surface area contributed by atoms with Crippen LogP contribution in [0.2, 0.25) is 18.1 Å². The molecule has 1 aromatic carbocycles. The molecule has 2 rings (SSSR count). The lowest BCUT2D eigenvalue weighted by molar-refractivity contribution is -0.134. The van der Waals surface area contributed by atoms with Crippen LogP contribution in [0.25, 0.3) is 10.9 Å². The maximum Gasteiger partial charge on any atom is 0.330 e. The average molecular weight is 388 g/mol. The predicted octanol–water partition coefficient (Wildman–Crippen LogP) is 5.53. The van der Waals surface area contributed by atoms with E-state index < -0.39 is 8.32 Å². The molecule has 0 saturated heterocycles. The number of benzene rings is 1. The Kier molecular flexibility index (Phi) is 6.38. The number of hydrogen-bond acceptors (Lipinski definition) is 3. The lowest BCUT2D eigenvalue weighted by Gasteiger charge is -2.36. The molecule has 0 fully saturated rings. The Labute approximate surface area is 164 Å². The molecule has 0 aliphatic carbocycles. The van der Waals surface area contributed by atoms with Crippen molar-refractivity contribution in [2.45, 2.75) is 58.4 Å². The molecule has 0 bridgehead atoms. The Morgan fingerprint density at radius 2 is 1.89 bits per heavy atom. The number of aryl methyl sites for hydroxylation is 1. The van der Waals surface area contributed by atoms with Gasteiger partial charge in [0, 0.05) is 35.6 Å². The zero-order chi connectivity index (χ0) is 20.4. The van der Waals surface area contributed by atoms with Crippen LogP contribution in [0, 0.1) is 0 Å². The van der Waals surface area contributed by atoms with Crippen molar-refractivity contribution >= 4 is 25.2 Å². The Balaban J connectivity index is 2.47. The maximum atomic E-state index is 11.5. The number of nitrogens with zero attached hydrogens (tertiary/aromatic N) is 1. The van der Waals surface area contributed by atoms with Crippen LogP contribution in [0.5, 0.6) is 0 Å². The van der Waals surface area contributed by atoms with Crippen LogP contribution < -0.4 is 0 Å². The van der Waals surface area contributed by atoms with Gasteiger partial charge >= 0.3 is 5.97 Å². The van der Waals surface area contributed by atoms with Crippen molar-refractivity contribution in [3.63, 3.8) is 0 Å². The summed E-state index contributed by atoms with van der Waals surface area (Å²) >= 11 is 0. The van der Waals surface area contributed by atoms with Crippen LogP contribution in [0.4, 0.5) is 0 Å². The van der Waals surface area contributed by atoms with Crippen LogP contribution in [-0.2, 0) is 27.6 Å². The van der Waals surface area contributed by atoms with Crippen LogP contribution in [0.15, 0.2) is 36.4 Å². The van der Waals surface area contributed by atoms with Crippen molar-refractivity contribution in [2.24, 2.45) is 7.05 Å². The number of rotatable bonds is 6. The van der Waals surface area contributed by atoms with E-state index in [1.807, 2.05) is 6.08 Å². The molecule has 5 heteroatoms. The summed E-state index contributed by atoms with van der Waals surface area (Å²) in [4.78, 5) is 11.5. The molecule has 0 saturated carbocycles. The van der Waals surface area contributed by atoms with Crippen molar-refractivity contribution < 1.29 is 14.0 Å². The van der Waals surface area contributed by atoms with Gasteiger partial charge in [-0.2, -0.15) is 0 Å². The fourth-order valence-corrected chi connectivity index (χ4v) is 3.94. The van der Waals surface area contributed by atoms with Crippen LogP contribution >= 0.6 is 0 Å².